The highest BCUT2D eigenvalue weighted by molar-refractivity contribution is 6.71. The van der Waals surface area contributed by atoms with Crippen molar-refractivity contribution in [1.82, 2.24) is 19.6 Å². The zero-order valence-electron chi connectivity index (χ0n) is 28.4. The Morgan fingerprint density at radius 2 is 1.37 bits per heavy atom. The third kappa shape index (κ3) is 5.17. The predicted octanol–water partition coefficient (Wildman–Crippen LogP) is 4.81. The number of nitrogens with zero attached hydrogens (tertiary/aromatic N) is 5. The molecule has 0 unspecified atom stereocenters. The van der Waals surface area contributed by atoms with Crippen molar-refractivity contribution in [3.63, 3.8) is 0 Å². The number of carbonyl (C=O) groups is 1. The van der Waals surface area contributed by atoms with E-state index in [1.54, 1.807) is 53.7 Å². The van der Waals surface area contributed by atoms with E-state index in [1.165, 1.54) is 9.36 Å². The molecule has 258 valence electrons. The van der Waals surface area contributed by atoms with Crippen molar-refractivity contribution in [2.75, 3.05) is 11.5 Å². The van der Waals surface area contributed by atoms with Gasteiger partial charge in [-0.25, -0.2) is 0 Å². The highest BCUT2D eigenvalue weighted by atomic mass is 28.4. The maximum atomic E-state index is 14.9. The smallest absolute Gasteiger partial charge is 0.279 e. The zero-order valence-corrected chi connectivity index (χ0v) is 29.4. The third-order valence-corrected chi connectivity index (χ3v) is 13.0. The van der Waals surface area contributed by atoms with E-state index in [9.17, 15) is 24.3 Å². The number of aliphatic hydroxyl groups is 1. The van der Waals surface area contributed by atoms with Crippen LogP contribution in [0.2, 0.25) is 18.6 Å². The van der Waals surface area contributed by atoms with Crippen molar-refractivity contribution >= 4 is 41.5 Å². The molecule has 1 fully saturated rings. The molecular weight excluding hydrogens is 663 g/mol. The van der Waals surface area contributed by atoms with Crippen molar-refractivity contribution in [3.05, 3.63) is 135 Å². The molecule has 51 heavy (non-hydrogen) atoms. The quantitative estimate of drug-likeness (QED) is 0.227. The molecule has 6 aromatic rings. The minimum absolute atomic E-state index is 0.156. The molecule has 0 bridgehead atoms. The lowest BCUT2D eigenvalue weighted by Gasteiger charge is -2.32. The highest BCUT2D eigenvalue weighted by Gasteiger charge is 2.66. The summed E-state index contributed by atoms with van der Waals surface area (Å²) in [6.45, 7) is 5.66. The van der Waals surface area contributed by atoms with Crippen molar-refractivity contribution in [1.29, 1.82) is 0 Å². The van der Waals surface area contributed by atoms with Crippen LogP contribution in [0.4, 0.5) is 5.69 Å². The zero-order chi connectivity index (χ0) is 35.7. The molecule has 0 aliphatic carbocycles. The number of ether oxygens (including phenoxy) is 1. The second-order valence-electron chi connectivity index (χ2n) is 14.0. The van der Waals surface area contributed by atoms with Crippen LogP contribution in [-0.4, -0.2) is 56.4 Å². The van der Waals surface area contributed by atoms with E-state index < -0.39 is 25.9 Å². The van der Waals surface area contributed by atoms with Gasteiger partial charge in [-0.1, -0.05) is 55.5 Å². The van der Waals surface area contributed by atoms with Crippen LogP contribution in [0.5, 0.6) is 0 Å². The Balaban J connectivity index is 1.22. The van der Waals surface area contributed by atoms with Gasteiger partial charge >= 0.3 is 0 Å². The van der Waals surface area contributed by atoms with E-state index in [2.05, 4.69) is 10.2 Å². The molecule has 1 spiro atoms. The van der Waals surface area contributed by atoms with E-state index in [4.69, 9.17) is 4.74 Å². The SMILES string of the molecule is C[C@@H]1[C@@H]([Si](C)(C)O)[C@H](CCO)O[C@@]12C(=O)N(Cc1ccc(-n3ncc4ccccc4c3=O)cc1)c1ccc(-n3ncc4ccccc4c3=O)cc12. The topological polar surface area (TPSA) is 140 Å². The van der Waals surface area contributed by atoms with Crippen molar-refractivity contribution in [3.8, 4) is 11.4 Å². The molecule has 2 N–H and O–H groups in total. The number of hydrogen-bond donors (Lipinski definition) is 2. The minimum Gasteiger partial charge on any atom is -0.432 e. The Bertz CT molecular complexity index is 2460. The van der Waals surface area contributed by atoms with Crippen LogP contribution in [0.25, 0.3) is 32.9 Å². The molecular formula is C39H37N5O6Si. The van der Waals surface area contributed by atoms with E-state index >= 15 is 0 Å². The molecule has 2 aromatic heterocycles. The van der Waals surface area contributed by atoms with Crippen molar-refractivity contribution < 1.29 is 19.4 Å². The van der Waals surface area contributed by atoms with Crippen LogP contribution in [-0.2, 0) is 21.7 Å². The van der Waals surface area contributed by atoms with Crippen LogP contribution in [0.15, 0.2) is 113 Å². The van der Waals surface area contributed by atoms with E-state index in [-0.39, 0.29) is 42.1 Å². The van der Waals surface area contributed by atoms with Gasteiger partial charge in [0.15, 0.2) is 13.9 Å². The molecule has 0 radical (unpaired) electrons. The highest BCUT2D eigenvalue weighted by Crippen LogP contribution is 2.60. The fourth-order valence-corrected chi connectivity index (χ4v) is 10.8. The maximum absolute atomic E-state index is 14.9. The summed E-state index contributed by atoms with van der Waals surface area (Å²) in [5.41, 5.74) is 0.773. The fraction of sp³-hybridized carbons (Fsp3) is 0.256. The molecule has 2 aliphatic heterocycles. The first kappa shape index (κ1) is 32.9. The van der Waals surface area contributed by atoms with Gasteiger partial charge < -0.3 is 19.5 Å². The molecule has 0 saturated carbocycles. The Morgan fingerprint density at radius 1 is 0.804 bits per heavy atom. The monoisotopic (exact) mass is 699 g/mol. The lowest BCUT2D eigenvalue weighted by Crippen LogP contribution is -2.46. The number of carbonyl (C=O) groups excluding carboxylic acids is 1. The summed E-state index contributed by atoms with van der Waals surface area (Å²) in [5.74, 6) is -0.720. The summed E-state index contributed by atoms with van der Waals surface area (Å²) in [7, 11) is -2.91. The molecule has 4 heterocycles. The largest absolute Gasteiger partial charge is 0.432 e. The third-order valence-electron chi connectivity index (χ3n) is 10.5. The number of aliphatic hydroxyl groups excluding tert-OH is 1. The molecule has 4 aromatic carbocycles. The van der Waals surface area contributed by atoms with Crippen molar-refractivity contribution in [2.24, 2.45) is 5.92 Å². The molecule has 2 aliphatic rings. The molecule has 8 rings (SSSR count). The van der Waals surface area contributed by atoms with Crippen LogP contribution in [0.1, 0.15) is 24.5 Å². The first-order valence-electron chi connectivity index (χ1n) is 17.0. The van der Waals surface area contributed by atoms with E-state index in [0.717, 1.165) is 16.3 Å². The van der Waals surface area contributed by atoms with E-state index in [1.807, 2.05) is 74.6 Å². The number of rotatable bonds is 7. The second-order valence-corrected chi connectivity index (χ2v) is 18.0. The lowest BCUT2D eigenvalue weighted by molar-refractivity contribution is -0.146. The Labute approximate surface area is 294 Å². The number of aromatic nitrogens is 4. The summed E-state index contributed by atoms with van der Waals surface area (Å²) >= 11 is 0. The Hall–Kier alpha value is -5.27. The predicted molar refractivity (Wildman–Crippen MR) is 197 cm³/mol. The summed E-state index contributed by atoms with van der Waals surface area (Å²) in [4.78, 5) is 54.9. The van der Waals surface area contributed by atoms with Gasteiger partial charge in [0.1, 0.15) is 0 Å². The Morgan fingerprint density at radius 3 is 1.96 bits per heavy atom. The van der Waals surface area contributed by atoms with Gasteiger partial charge in [0, 0.05) is 34.4 Å². The minimum atomic E-state index is -2.91. The first-order chi connectivity index (χ1) is 24.5. The van der Waals surface area contributed by atoms with Crippen LogP contribution in [0, 0.1) is 5.92 Å². The summed E-state index contributed by atoms with van der Waals surface area (Å²) in [6.07, 6.45) is 3.03. The average Bonchev–Trinajstić information content (AvgIpc) is 3.55. The summed E-state index contributed by atoms with van der Waals surface area (Å²) < 4.78 is 9.48. The molecule has 1 saturated heterocycles. The summed E-state index contributed by atoms with van der Waals surface area (Å²) in [6, 6.07) is 27.3. The maximum Gasteiger partial charge on any atom is 0.279 e. The van der Waals surface area contributed by atoms with Gasteiger partial charge in [-0.2, -0.15) is 19.6 Å². The number of fused-ring (bicyclic) bond motifs is 4. The van der Waals surface area contributed by atoms with Crippen molar-refractivity contribution in [2.45, 2.75) is 50.2 Å². The van der Waals surface area contributed by atoms with Crippen LogP contribution >= 0.6 is 0 Å². The van der Waals surface area contributed by atoms with Gasteiger partial charge in [0.05, 0.1) is 52.9 Å². The number of hydrogen-bond acceptors (Lipinski definition) is 8. The number of benzene rings is 4. The fourth-order valence-electron chi connectivity index (χ4n) is 8.23. The lowest BCUT2D eigenvalue weighted by atomic mass is 9.82. The molecule has 1 amide bonds. The van der Waals surface area contributed by atoms with Crippen LogP contribution in [0.3, 0.4) is 0 Å². The molecule has 4 atom stereocenters. The number of anilines is 1. The first-order valence-corrected chi connectivity index (χ1v) is 20.1. The van der Waals surface area contributed by atoms with Gasteiger partial charge in [-0.3, -0.25) is 14.4 Å². The standard InChI is InChI=1S/C39H37N5O6Si/c1-24-35(51(2,3)49)34(18-19-45)50-39(24)32-20-29(44-37(47)31-11-7-5-9-27(31)22-41-44)16-17-33(32)42(38(39)48)23-25-12-14-28(15-13-25)43-36(46)30-10-6-4-8-26(30)21-40-43/h4-17,20-22,24,34-35,45,49H,18-19,23H2,1-3H3/t24-,34+,35-,39+/m1/s1. The van der Waals surface area contributed by atoms with Gasteiger partial charge in [0.2, 0.25) is 0 Å². The van der Waals surface area contributed by atoms with Gasteiger partial charge in [0.25, 0.3) is 17.0 Å². The molecule has 11 nitrogen and oxygen atoms in total. The second kappa shape index (κ2) is 12.2. The van der Waals surface area contributed by atoms with Gasteiger partial charge in [-0.05, 0) is 67.5 Å². The van der Waals surface area contributed by atoms with E-state index in [0.29, 0.717) is 33.4 Å². The van der Waals surface area contributed by atoms with Gasteiger partial charge in [-0.15, -0.1) is 0 Å². The normalized spacial score (nSPS) is 21.6. The van der Waals surface area contributed by atoms with Crippen LogP contribution < -0.4 is 16.0 Å². The summed E-state index contributed by atoms with van der Waals surface area (Å²) in [5, 5.41) is 21.4. The molecule has 12 heteroatoms. The average molecular weight is 700 g/mol. The Kier molecular flexibility index (Phi) is 7.87. The number of amides is 1.